The topological polar surface area (TPSA) is 67.5 Å². The molecule has 0 aromatic heterocycles. The van der Waals surface area contributed by atoms with Gasteiger partial charge in [0.25, 0.3) is 5.91 Å². The first-order valence-electron chi connectivity index (χ1n) is 5.83. The lowest BCUT2D eigenvalue weighted by atomic mass is 10.0. The molecule has 2 rings (SSSR count). The van der Waals surface area contributed by atoms with Crippen molar-refractivity contribution in [2.24, 2.45) is 10.7 Å². The quantitative estimate of drug-likeness (QED) is 0.885. The second-order valence-corrected chi connectivity index (χ2v) is 4.23. The number of hydrogen-bond acceptors (Lipinski definition) is 3. The van der Waals surface area contributed by atoms with Gasteiger partial charge in [-0.05, 0) is 17.7 Å². The Morgan fingerprint density at radius 3 is 2.70 bits per heavy atom. The molecule has 20 heavy (non-hydrogen) atoms. The molecular formula is C13H12F3N3O. The number of hydrogen-bond donors (Lipinski definition) is 2. The minimum absolute atomic E-state index is 0.0414. The molecule has 1 amide bonds. The smallest absolute Gasteiger partial charge is 0.364 e. The second kappa shape index (κ2) is 5.36. The molecule has 0 radical (unpaired) electrons. The lowest BCUT2D eigenvalue weighted by Gasteiger charge is -2.17. The van der Waals surface area contributed by atoms with Crippen LogP contribution >= 0.6 is 0 Å². The highest BCUT2D eigenvalue weighted by Crippen LogP contribution is 2.32. The molecule has 1 aliphatic heterocycles. The molecule has 0 aliphatic carbocycles. The van der Waals surface area contributed by atoms with Crippen molar-refractivity contribution in [3.63, 3.8) is 0 Å². The van der Waals surface area contributed by atoms with Gasteiger partial charge in [0.05, 0.1) is 12.1 Å². The summed E-state index contributed by atoms with van der Waals surface area (Å²) < 4.78 is 38.6. The summed E-state index contributed by atoms with van der Waals surface area (Å²) in [6.07, 6.45) is -2.98. The number of nitrogens with zero attached hydrogens (tertiary/aromatic N) is 1. The summed E-state index contributed by atoms with van der Waals surface area (Å²) in [5.41, 5.74) is 4.66. The summed E-state index contributed by atoms with van der Waals surface area (Å²) in [5.74, 6) is -0.375. The standard InChI is InChI=1S/C13H12F3N3O/c14-13(15,16)9-4-2-1-3-8(9)7-11-18-6-5-10(19-11)12(17)20/h1-5H,6-7H2,(H2,17,20)(H,18,19). The summed E-state index contributed by atoms with van der Waals surface area (Å²) in [6, 6.07) is 5.26. The van der Waals surface area contributed by atoms with Crippen molar-refractivity contribution in [2.75, 3.05) is 6.54 Å². The minimum atomic E-state index is -4.42. The fourth-order valence-electron chi connectivity index (χ4n) is 1.89. The van der Waals surface area contributed by atoms with E-state index in [9.17, 15) is 18.0 Å². The number of carbonyl (C=O) groups excluding carboxylic acids is 1. The van der Waals surface area contributed by atoms with Gasteiger partial charge in [-0.15, -0.1) is 0 Å². The third-order valence-electron chi connectivity index (χ3n) is 2.80. The van der Waals surface area contributed by atoms with Gasteiger partial charge in [0.2, 0.25) is 0 Å². The molecule has 0 unspecified atom stereocenters. The van der Waals surface area contributed by atoms with Crippen molar-refractivity contribution in [3.05, 3.63) is 47.2 Å². The number of amidine groups is 1. The van der Waals surface area contributed by atoms with Crippen LogP contribution in [0.25, 0.3) is 0 Å². The van der Waals surface area contributed by atoms with E-state index >= 15 is 0 Å². The number of benzene rings is 1. The maximum Gasteiger partial charge on any atom is 0.416 e. The molecule has 1 aliphatic rings. The normalized spacial score (nSPS) is 15.2. The Bertz CT molecular complexity index is 591. The number of primary amides is 1. The molecule has 7 heteroatoms. The highest BCUT2D eigenvalue weighted by Gasteiger charge is 2.33. The zero-order valence-corrected chi connectivity index (χ0v) is 10.4. The molecule has 0 atom stereocenters. The molecule has 0 spiro atoms. The average molecular weight is 283 g/mol. The van der Waals surface area contributed by atoms with Crippen molar-refractivity contribution in [3.8, 4) is 0 Å². The van der Waals surface area contributed by atoms with Crippen molar-refractivity contribution in [2.45, 2.75) is 12.6 Å². The number of nitrogens with two attached hydrogens (primary N) is 1. The molecule has 0 fully saturated rings. The first-order chi connectivity index (χ1) is 9.38. The van der Waals surface area contributed by atoms with Crippen molar-refractivity contribution in [1.29, 1.82) is 0 Å². The van der Waals surface area contributed by atoms with Crippen molar-refractivity contribution in [1.82, 2.24) is 5.32 Å². The predicted molar refractivity (Wildman–Crippen MR) is 67.9 cm³/mol. The molecule has 0 saturated carbocycles. The van der Waals surface area contributed by atoms with E-state index in [0.717, 1.165) is 6.07 Å². The molecule has 0 saturated heterocycles. The number of rotatable bonds is 3. The largest absolute Gasteiger partial charge is 0.416 e. The van der Waals surface area contributed by atoms with E-state index in [4.69, 9.17) is 5.73 Å². The van der Waals surface area contributed by atoms with Crippen LogP contribution in [0.4, 0.5) is 13.2 Å². The SMILES string of the molecule is NC(=O)C1=CCN=C(Cc2ccccc2C(F)(F)F)N1. The van der Waals surface area contributed by atoms with Crippen LogP contribution in [0.5, 0.6) is 0 Å². The molecule has 4 nitrogen and oxygen atoms in total. The van der Waals surface area contributed by atoms with E-state index in [2.05, 4.69) is 10.3 Å². The number of alkyl halides is 3. The predicted octanol–water partition coefficient (Wildman–Crippen LogP) is 1.62. The number of carbonyl (C=O) groups is 1. The van der Waals surface area contributed by atoms with Gasteiger partial charge in [-0.25, -0.2) is 0 Å². The van der Waals surface area contributed by atoms with Crippen LogP contribution in [0.15, 0.2) is 41.0 Å². The minimum Gasteiger partial charge on any atom is -0.364 e. The first-order valence-corrected chi connectivity index (χ1v) is 5.83. The van der Waals surface area contributed by atoms with E-state index < -0.39 is 17.6 Å². The molecule has 0 bridgehead atoms. The Balaban J connectivity index is 2.20. The molecule has 106 valence electrons. The first kappa shape index (κ1) is 14.1. The van der Waals surface area contributed by atoms with Gasteiger partial charge in [0, 0.05) is 6.42 Å². The van der Waals surface area contributed by atoms with Crippen molar-refractivity contribution >= 4 is 11.7 Å². The highest BCUT2D eigenvalue weighted by molar-refractivity contribution is 5.99. The maximum atomic E-state index is 12.9. The summed E-state index contributed by atoms with van der Waals surface area (Å²) in [7, 11) is 0. The molecule has 3 N–H and O–H groups in total. The van der Waals surface area contributed by atoms with Crippen LogP contribution in [-0.2, 0) is 17.4 Å². The van der Waals surface area contributed by atoms with E-state index in [1.165, 1.54) is 24.3 Å². The highest BCUT2D eigenvalue weighted by atomic mass is 19.4. The molecule has 1 aromatic carbocycles. The van der Waals surface area contributed by atoms with E-state index in [1.807, 2.05) is 0 Å². The Labute approximate surface area is 113 Å². The zero-order valence-electron chi connectivity index (χ0n) is 10.4. The third-order valence-corrected chi connectivity index (χ3v) is 2.80. The fraction of sp³-hybridized carbons (Fsp3) is 0.231. The lowest BCUT2D eigenvalue weighted by molar-refractivity contribution is -0.138. The van der Waals surface area contributed by atoms with E-state index in [-0.39, 0.29) is 30.1 Å². The van der Waals surface area contributed by atoms with Gasteiger partial charge in [-0.1, -0.05) is 18.2 Å². The van der Waals surface area contributed by atoms with Crippen LogP contribution in [0.2, 0.25) is 0 Å². The lowest BCUT2D eigenvalue weighted by Crippen LogP contribution is -2.35. The van der Waals surface area contributed by atoms with Crippen LogP contribution in [-0.4, -0.2) is 18.3 Å². The molecule has 1 heterocycles. The summed E-state index contributed by atoms with van der Waals surface area (Å²) in [6.45, 7) is 0.217. The molecular weight excluding hydrogens is 271 g/mol. The van der Waals surface area contributed by atoms with Gasteiger partial charge in [0.15, 0.2) is 0 Å². The second-order valence-electron chi connectivity index (χ2n) is 4.23. The third kappa shape index (κ3) is 3.17. The van der Waals surface area contributed by atoms with Gasteiger partial charge in [0.1, 0.15) is 11.5 Å². The number of nitrogens with one attached hydrogen (secondary N) is 1. The fourth-order valence-corrected chi connectivity index (χ4v) is 1.89. The van der Waals surface area contributed by atoms with Crippen LogP contribution in [0.3, 0.4) is 0 Å². The van der Waals surface area contributed by atoms with Crippen LogP contribution in [0.1, 0.15) is 11.1 Å². The monoisotopic (exact) mass is 283 g/mol. The van der Waals surface area contributed by atoms with Gasteiger partial charge in [-0.3, -0.25) is 9.79 Å². The van der Waals surface area contributed by atoms with Gasteiger partial charge < -0.3 is 11.1 Å². The van der Waals surface area contributed by atoms with Crippen LogP contribution in [0, 0.1) is 0 Å². The van der Waals surface area contributed by atoms with Gasteiger partial charge in [-0.2, -0.15) is 13.2 Å². The summed E-state index contributed by atoms with van der Waals surface area (Å²) in [5, 5.41) is 2.65. The Kier molecular flexibility index (Phi) is 3.78. The Morgan fingerprint density at radius 1 is 1.35 bits per heavy atom. The average Bonchev–Trinajstić information content (AvgIpc) is 2.38. The van der Waals surface area contributed by atoms with Crippen molar-refractivity contribution < 1.29 is 18.0 Å². The maximum absolute atomic E-state index is 12.9. The number of halogens is 3. The number of amides is 1. The summed E-state index contributed by atoms with van der Waals surface area (Å²) >= 11 is 0. The Hall–Kier alpha value is -2.31. The van der Waals surface area contributed by atoms with Crippen LogP contribution < -0.4 is 11.1 Å². The van der Waals surface area contributed by atoms with E-state index in [1.54, 1.807) is 0 Å². The van der Waals surface area contributed by atoms with E-state index in [0.29, 0.717) is 0 Å². The zero-order chi connectivity index (χ0) is 14.8. The molecule has 1 aromatic rings. The number of aliphatic imine (C=N–C) groups is 1. The Morgan fingerprint density at radius 2 is 2.05 bits per heavy atom. The summed E-state index contributed by atoms with van der Waals surface area (Å²) in [4.78, 5) is 15.1. The van der Waals surface area contributed by atoms with Gasteiger partial charge >= 0.3 is 6.18 Å².